The van der Waals surface area contributed by atoms with Crippen molar-refractivity contribution in [1.29, 1.82) is 0 Å². The fourth-order valence-electron chi connectivity index (χ4n) is 6.48. The molecule has 1 aromatic heterocycles. The first-order valence-electron chi connectivity index (χ1n) is 13.5. The van der Waals surface area contributed by atoms with Crippen molar-refractivity contribution in [3.05, 3.63) is 96.2 Å². The second kappa shape index (κ2) is 14.1. The van der Waals surface area contributed by atoms with Gasteiger partial charge in [0.15, 0.2) is 0 Å². The van der Waals surface area contributed by atoms with Crippen LogP contribution in [0.25, 0.3) is 22.0 Å². The number of piperazine rings is 1. The molecule has 3 atom stereocenters. The first-order valence-corrected chi connectivity index (χ1v) is 13.5. The molecule has 0 spiro atoms. The van der Waals surface area contributed by atoms with Crippen LogP contribution in [0.5, 0.6) is 5.75 Å². The van der Waals surface area contributed by atoms with Crippen molar-refractivity contribution in [3.8, 4) is 16.9 Å². The van der Waals surface area contributed by atoms with Crippen molar-refractivity contribution in [2.75, 3.05) is 31.1 Å². The summed E-state index contributed by atoms with van der Waals surface area (Å²) in [6.45, 7) is 2.86. The van der Waals surface area contributed by atoms with E-state index in [-0.39, 0.29) is 47.9 Å². The highest BCUT2D eigenvalue weighted by atomic mass is 32.1. The molecule has 1 fully saturated rings. The van der Waals surface area contributed by atoms with Crippen molar-refractivity contribution < 1.29 is 9.84 Å². The molecule has 2 bridgehead atoms. The van der Waals surface area contributed by atoms with E-state index < -0.39 is 6.10 Å². The van der Waals surface area contributed by atoms with Gasteiger partial charge in [-0.3, -0.25) is 4.90 Å². The van der Waals surface area contributed by atoms with E-state index in [0.717, 1.165) is 49.0 Å². The number of hydrogen-bond acceptors (Lipinski definition) is 4. The van der Waals surface area contributed by atoms with Gasteiger partial charge in [-0.1, -0.05) is 56.0 Å². The molecule has 1 saturated heterocycles. The number of nitrogens with one attached hydrogen (secondary N) is 1. The average molecular weight is 610 g/mol. The fraction of sp³-hybridized carbons (Fsp3) is 0.333. The van der Waals surface area contributed by atoms with Crippen LogP contribution in [0.1, 0.15) is 31.4 Å². The van der Waals surface area contributed by atoms with E-state index in [1.165, 1.54) is 27.9 Å². The van der Waals surface area contributed by atoms with Crippen LogP contribution in [-0.2, 0) is 6.42 Å². The number of aliphatic hydroxyl groups is 1. The number of aliphatic hydroxyl groups excluding tert-OH is 1. The lowest BCUT2D eigenvalue weighted by atomic mass is 9.95. The van der Waals surface area contributed by atoms with Gasteiger partial charge >= 0.3 is 0 Å². The van der Waals surface area contributed by atoms with E-state index in [2.05, 4.69) is 69.4 Å². The quantitative estimate of drug-likeness (QED) is 0.220. The molecule has 1 aliphatic carbocycles. The van der Waals surface area contributed by atoms with Crippen molar-refractivity contribution in [2.24, 2.45) is 0 Å². The molecule has 0 radical (unpaired) electrons. The van der Waals surface area contributed by atoms with E-state index in [4.69, 9.17) is 4.74 Å². The highest BCUT2D eigenvalue weighted by Crippen LogP contribution is 2.39. The van der Waals surface area contributed by atoms with Crippen LogP contribution in [0.2, 0.25) is 0 Å². The largest absolute Gasteiger partial charge is 0.490 e. The van der Waals surface area contributed by atoms with Gasteiger partial charge in [-0.25, -0.2) is 0 Å². The zero-order valence-electron chi connectivity index (χ0n) is 22.5. The van der Waals surface area contributed by atoms with Gasteiger partial charge in [-0.15, -0.1) is 0 Å². The van der Waals surface area contributed by atoms with Gasteiger partial charge in [-0.2, -0.15) is 40.5 Å². The molecule has 41 heavy (non-hydrogen) atoms. The van der Waals surface area contributed by atoms with Crippen molar-refractivity contribution in [3.63, 3.8) is 0 Å². The molecule has 4 aliphatic rings. The SMILES string of the molecule is C.O[C@H](COc1cccc2[nH]ccc12)CN1C[C@@H]2C/C=C\C[C@H]1CN2c1ccc2c(c1)Cc1ccccc1-2.S.S.S. The molecule has 0 amide bonds. The van der Waals surface area contributed by atoms with Crippen LogP contribution < -0.4 is 9.64 Å². The molecule has 0 unspecified atom stereocenters. The fourth-order valence-corrected chi connectivity index (χ4v) is 6.48. The van der Waals surface area contributed by atoms with E-state index in [0.29, 0.717) is 25.2 Å². The second-order valence-electron chi connectivity index (χ2n) is 10.7. The molecular weight excluding hydrogens is 567 g/mol. The molecule has 5 nitrogen and oxygen atoms in total. The third-order valence-electron chi connectivity index (χ3n) is 8.33. The molecule has 220 valence electrons. The first kappa shape index (κ1) is 33.0. The summed E-state index contributed by atoms with van der Waals surface area (Å²) in [4.78, 5) is 8.32. The number of ether oxygens (including phenoxy) is 1. The molecule has 0 saturated carbocycles. The highest BCUT2D eigenvalue weighted by Gasteiger charge is 2.35. The molecule has 4 aromatic rings. The topological polar surface area (TPSA) is 51.7 Å². The summed E-state index contributed by atoms with van der Waals surface area (Å²) in [5.41, 5.74) is 8.03. The molecule has 3 aromatic carbocycles. The minimum atomic E-state index is -0.536. The maximum atomic E-state index is 10.9. The lowest BCUT2D eigenvalue weighted by molar-refractivity contribution is 0.0409. The van der Waals surface area contributed by atoms with Gasteiger partial charge in [0.25, 0.3) is 0 Å². The standard InChI is InChI=1S/C32H33N3O2.CH4.3H2S/c36-27(21-37-32-11-5-10-31-30(32)14-15-33-31)20-34-18-26-8-3-2-7-25(34)19-35(26)24-12-13-29-23(17-24)16-22-6-1-4-9-28(22)29;;;;/h1-6,9-15,17,25-27,33,36H,7-8,16,18-21H2;1H4;3*1H2/b3-2-;;;;/t25-,26-,27-;;;;/m0..../s1. The summed E-state index contributed by atoms with van der Waals surface area (Å²) in [6.07, 6.45) is 9.13. The van der Waals surface area contributed by atoms with Gasteiger partial charge in [-0.05, 0) is 71.8 Å². The highest BCUT2D eigenvalue weighted by molar-refractivity contribution is 7.59. The monoisotopic (exact) mass is 609 g/mol. The number of anilines is 1. The predicted octanol–water partition coefficient (Wildman–Crippen LogP) is 6.36. The average Bonchev–Trinajstić information content (AvgIpc) is 3.53. The molecule has 3 aliphatic heterocycles. The molecule has 8 rings (SSSR count). The lowest BCUT2D eigenvalue weighted by Crippen LogP contribution is -2.60. The minimum absolute atomic E-state index is 0. The Bertz CT molecular complexity index is 1470. The zero-order valence-corrected chi connectivity index (χ0v) is 25.5. The van der Waals surface area contributed by atoms with Gasteiger partial charge in [0.05, 0.1) is 0 Å². The number of hydrogen-bond donors (Lipinski definition) is 2. The first-order chi connectivity index (χ1) is 18.2. The van der Waals surface area contributed by atoms with Crippen LogP contribution in [0.4, 0.5) is 5.69 Å². The maximum Gasteiger partial charge on any atom is 0.128 e. The van der Waals surface area contributed by atoms with Crippen LogP contribution in [0.15, 0.2) is 85.1 Å². The van der Waals surface area contributed by atoms with E-state index >= 15 is 0 Å². The summed E-state index contributed by atoms with van der Waals surface area (Å²) in [7, 11) is 0. The summed E-state index contributed by atoms with van der Waals surface area (Å²) in [5.74, 6) is 0.819. The van der Waals surface area contributed by atoms with E-state index in [1.807, 2.05) is 30.5 Å². The van der Waals surface area contributed by atoms with Crippen molar-refractivity contribution in [1.82, 2.24) is 9.88 Å². The Hall–Kier alpha value is -2.49. The van der Waals surface area contributed by atoms with Gasteiger partial charge in [0, 0.05) is 54.5 Å². The number of aromatic nitrogens is 1. The van der Waals surface area contributed by atoms with Crippen LogP contribution in [0.3, 0.4) is 0 Å². The number of fused-ring (bicyclic) bond motifs is 8. The summed E-state index contributed by atoms with van der Waals surface area (Å²) in [5, 5.41) is 12.0. The van der Waals surface area contributed by atoms with E-state index in [9.17, 15) is 5.11 Å². The normalized spacial score (nSPS) is 20.2. The molecule has 4 heterocycles. The number of rotatable bonds is 6. The Balaban J connectivity index is 0.00000116. The zero-order chi connectivity index (χ0) is 24.8. The summed E-state index contributed by atoms with van der Waals surface area (Å²) in [6, 6.07) is 24.6. The summed E-state index contributed by atoms with van der Waals surface area (Å²) < 4.78 is 6.06. The Labute approximate surface area is 264 Å². The van der Waals surface area contributed by atoms with E-state index in [1.54, 1.807) is 0 Å². The van der Waals surface area contributed by atoms with Gasteiger partial charge in [0.1, 0.15) is 18.5 Å². The number of aromatic amines is 1. The van der Waals surface area contributed by atoms with Gasteiger partial charge < -0.3 is 19.7 Å². The van der Waals surface area contributed by atoms with Crippen LogP contribution in [0, 0.1) is 0 Å². The van der Waals surface area contributed by atoms with Crippen LogP contribution >= 0.6 is 40.5 Å². The Kier molecular flexibility index (Phi) is 11.4. The lowest BCUT2D eigenvalue weighted by Gasteiger charge is -2.49. The third-order valence-corrected chi connectivity index (χ3v) is 8.33. The second-order valence-corrected chi connectivity index (χ2v) is 10.7. The van der Waals surface area contributed by atoms with Crippen molar-refractivity contribution >= 4 is 57.1 Å². The Morgan fingerprint density at radius 1 is 0.854 bits per heavy atom. The molecule has 8 heteroatoms. The van der Waals surface area contributed by atoms with Gasteiger partial charge in [0.2, 0.25) is 0 Å². The maximum absolute atomic E-state index is 10.9. The Morgan fingerprint density at radius 3 is 2.49 bits per heavy atom. The number of benzene rings is 3. The summed E-state index contributed by atoms with van der Waals surface area (Å²) >= 11 is 0. The number of nitrogens with zero attached hydrogens (tertiary/aromatic N) is 2. The molecular formula is C33H43N3O2S3. The molecule has 2 N–H and O–H groups in total. The number of H-pyrrole nitrogens is 1. The smallest absolute Gasteiger partial charge is 0.128 e. The van der Waals surface area contributed by atoms with Crippen LogP contribution in [-0.4, -0.2) is 59.4 Å². The predicted molar refractivity (Wildman–Crippen MR) is 187 cm³/mol. The Morgan fingerprint density at radius 2 is 1.63 bits per heavy atom. The minimum Gasteiger partial charge on any atom is -0.490 e. The van der Waals surface area contributed by atoms with Crippen molar-refractivity contribution in [2.45, 2.75) is 44.9 Å². The third kappa shape index (κ3) is 6.47.